The van der Waals surface area contributed by atoms with Gasteiger partial charge in [-0.25, -0.2) is 0 Å². The molecule has 3 nitrogen and oxygen atoms in total. The zero-order valence-electron chi connectivity index (χ0n) is 22.5. The molecular weight excluding hydrogens is 408 g/mol. The lowest BCUT2D eigenvalue weighted by Gasteiger charge is -2.25. The van der Waals surface area contributed by atoms with Gasteiger partial charge >= 0.3 is 0 Å². The minimum absolute atomic E-state index is 0.393. The maximum absolute atomic E-state index is 6.74. The Bertz CT molecular complexity index is 381. The van der Waals surface area contributed by atoms with Gasteiger partial charge in [-0.15, -0.1) is 0 Å². The lowest BCUT2D eigenvalue weighted by Crippen LogP contribution is -2.25. The van der Waals surface area contributed by atoms with E-state index in [-0.39, 0.29) is 0 Å². The predicted molar refractivity (Wildman–Crippen MR) is 141 cm³/mol. The Balaban J connectivity index is 1.56. The van der Waals surface area contributed by atoms with Crippen molar-refractivity contribution in [2.45, 2.75) is 180 Å². The third-order valence-electron chi connectivity index (χ3n) is 7.50. The third kappa shape index (κ3) is 17.9. The summed E-state index contributed by atoms with van der Waals surface area (Å²) in [6.07, 6.45) is 31.5. The third-order valence-corrected chi connectivity index (χ3v) is 7.50. The second kappa shape index (κ2) is 20.1. The molecule has 3 heteroatoms. The minimum Gasteiger partial charge on any atom is -0.375 e. The molecule has 4 unspecified atom stereocenters. The molecule has 2 heterocycles. The lowest BCUT2D eigenvalue weighted by atomic mass is 10.0. The Morgan fingerprint density at radius 2 is 0.818 bits per heavy atom. The highest BCUT2D eigenvalue weighted by molar-refractivity contribution is 4.79. The SMILES string of the molecule is CCCCCCCCCCCC(CC1CO1)OC(CCCCCCCCCCC)CC1CO1. The molecule has 196 valence electrons. The van der Waals surface area contributed by atoms with E-state index in [0.717, 1.165) is 26.1 Å². The molecule has 0 amide bonds. The highest BCUT2D eigenvalue weighted by Gasteiger charge is 2.31. The predicted octanol–water partition coefficient (Wildman–Crippen LogP) is 9.16. The Morgan fingerprint density at radius 1 is 0.515 bits per heavy atom. The molecule has 2 rings (SSSR count). The fraction of sp³-hybridized carbons (Fsp3) is 1.00. The first-order valence-electron chi connectivity index (χ1n) is 15.2. The molecule has 2 aliphatic rings. The largest absolute Gasteiger partial charge is 0.375 e. The first-order chi connectivity index (χ1) is 16.3. The minimum atomic E-state index is 0.393. The maximum Gasteiger partial charge on any atom is 0.0834 e. The molecule has 0 radical (unpaired) electrons. The zero-order chi connectivity index (χ0) is 23.4. The maximum atomic E-state index is 6.74. The summed E-state index contributed by atoms with van der Waals surface area (Å²) in [6.45, 7) is 6.49. The van der Waals surface area contributed by atoms with Crippen molar-refractivity contribution in [2.24, 2.45) is 0 Å². The quantitative estimate of drug-likeness (QED) is 0.0941. The molecule has 0 spiro atoms. The van der Waals surface area contributed by atoms with Gasteiger partial charge in [0.25, 0.3) is 0 Å². The van der Waals surface area contributed by atoms with Crippen LogP contribution in [0, 0.1) is 0 Å². The summed E-state index contributed by atoms with van der Waals surface area (Å²) in [4.78, 5) is 0. The van der Waals surface area contributed by atoms with Crippen molar-refractivity contribution in [3.05, 3.63) is 0 Å². The normalized spacial score (nSPS) is 21.3. The van der Waals surface area contributed by atoms with E-state index >= 15 is 0 Å². The van der Waals surface area contributed by atoms with E-state index in [1.807, 2.05) is 0 Å². The van der Waals surface area contributed by atoms with Gasteiger partial charge in [-0.2, -0.15) is 0 Å². The number of hydrogen-bond acceptors (Lipinski definition) is 3. The lowest BCUT2D eigenvalue weighted by molar-refractivity contribution is -0.0359. The van der Waals surface area contributed by atoms with Crippen molar-refractivity contribution < 1.29 is 14.2 Å². The van der Waals surface area contributed by atoms with Crippen LogP contribution in [0.5, 0.6) is 0 Å². The van der Waals surface area contributed by atoms with Gasteiger partial charge in [-0.3, -0.25) is 0 Å². The molecule has 0 N–H and O–H groups in total. The van der Waals surface area contributed by atoms with Crippen LogP contribution in [-0.2, 0) is 14.2 Å². The molecule has 4 atom stereocenters. The summed E-state index contributed by atoms with van der Waals surface area (Å²) < 4.78 is 17.9. The molecular formula is C30H58O3. The van der Waals surface area contributed by atoms with Crippen molar-refractivity contribution in [3.63, 3.8) is 0 Å². The van der Waals surface area contributed by atoms with Crippen LogP contribution in [0.15, 0.2) is 0 Å². The number of unbranched alkanes of at least 4 members (excludes halogenated alkanes) is 16. The zero-order valence-corrected chi connectivity index (χ0v) is 22.5. The molecule has 2 fully saturated rings. The van der Waals surface area contributed by atoms with E-state index in [4.69, 9.17) is 14.2 Å². The van der Waals surface area contributed by atoms with Gasteiger partial charge in [0.1, 0.15) is 0 Å². The summed E-state index contributed by atoms with van der Waals surface area (Å²) >= 11 is 0. The van der Waals surface area contributed by atoms with Gasteiger partial charge in [-0.1, -0.05) is 129 Å². The van der Waals surface area contributed by atoms with Crippen LogP contribution in [0.2, 0.25) is 0 Å². The summed E-state index contributed by atoms with van der Waals surface area (Å²) in [5, 5.41) is 0. The Labute approximate surface area is 207 Å². The fourth-order valence-electron chi connectivity index (χ4n) is 5.12. The van der Waals surface area contributed by atoms with E-state index in [0.29, 0.717) is 24.4 Å². The molecule has 0 aromatic rings. The fourth-order valence-corrected chi connectivity index (χ4v) is 5.12. The molecule has 0 aliphatic carbocycles. The number of epoxide rings is 2. The highest BCUT2D eigenvalue weighted by atomic mass is 16.6. The van der Waals surface area contributed by atoms with Crippen molar-refractivity contribution in [1.82, 2.24) is 0 Å². The molecule has 0 saturated carbocycles. The standard InChI is InChI=1S/C30H58O3/c1-3-5-7-9-11-13-15-17-19-21-27(23-29-25-31-29)33-28(24-30-26-32-30)22-20-18-16-14-12-10-8-6-4-2/h27-30H,3-26H2,1-2H3. The van der Waals surface area contributed by atoms with Gasteiger partial charge in [0.2, 0.25) is 0 Å². The van der Waals surface area contributed by atoms with Crippen LogP contribution >= 0.6 is 0 Å². The molecule has 0 aromatic heterocycles. The van der Waals surface area contributed by atoms with E-state index in [1.54, 1.807) is 0 Å². The Hall–Kier alpha value is -0.120. The molecule has 2 aliphatic heterocycles. The van der Waals surface area contributed by atoms with Crippen LogP contribution in [0.3, 0.4) is 0 Å². The highest BCUT2D eigenvalue weighted by Crippen LogP contribution is 2.27. The molecule has 0 aromatic carbocycles. The van der Waals surface area contributed by atoms with E-state index in [2.05, 4.69) is 13.8 Å². The molecule has 33 heavy (non-hydrogen) atoms. The molecule has 0 bridgehead atoms. The number of rotatable bonds is 26. The van der Waals surface area contributed by atoms with E-state index in [9.17, 15) is 0 Å². The van der Waals surface area contributed by atoms with E-state index in [1.165, 1.54) is 128 Å². The summed E-state index contributed by atoms with van der Waals surface area (Å²) in [6, 6.07) is 0. The van der Waals surface area contributed by atoms with Crippen LogP contribution in [-0.4, -0.2) is 37.6 Å². The Morgan fingerprint density at radius 3 is 1.12 bits per heavy atom. The van der Waals surface area contributed by atoms with Gasteiger partial charge < -0.3 is 14.2 Å². The van der Waals surface area contributed by atoms with Crippen molar-refractivity contribution in [1.29, 1.82) is 0 Å². The number of hydrogen-bond donors (Lipinski definition) is 0. The Kier molecular flexibility index (Phi) is 17.7. The summed E-state index contributed by atoms with van der Waals surface area (Å²) in [5.74, 6) is 0. The van der Waals surface area contributed by atoms with Crippen LogP contribution < -0.4 is 0 Å². The first-order valence-corrected chi connectivity index (χ1v) is 15.2. The monoisotopic (exact) mass is 466 g/mol. The first kappa shape index (κ1) is 29.1. The summed E-state index contributed by atoms with van der Waals surface area (Å²) in [7, 11) is 0. The van der Waals surface area contributed by atoms with Crippen LogP contribution in [0.4, 0.5) is 0 Å². The van der Waals surface area contributed by atoms with Crippen molar-refractivity contribution in [3.8, 4) is 0 Å². The smallest absolute Gasteiger partial charge is 0.0834 e. The van der Waals surface area contributed by atoms with Crippen LogP contribution in [0.25, 0.3) is 0 Å². The van der Waals surface area contributed by atoms with Crippen molar-refractivity contribution >= 4 is 0 Å². The average molecular weight is 467 g/mol. The van der Waals surface area contributed by atoms with Crippen molar-refractivity contribution in [2.75, 3.05) is 13.2 Å². The van der Waals surface area contributed by atoms with Gasteiger partial charge in [0, 0.05) is 12.8 Å². The number of ether oxygens (including phenoxy) is 3. The van der Waals surface area contributed by atoms with Gasteiger partial charge in [0.05, 0.1) is 37.6 Å². The topological polar surface area (TPSA) is 34.3 Å². The second-order valence-electron chi connectivity index (χ2n) is 11.0. The van der Waals surface area contributed by atoms with Gasteiger partial charge in [0.15, 0.2) is 0 Å². The van der Waals surface area contributed by atoms with Crippen LogP contribution in [0.1, 0.15) is 155 Å². The second-order valence-corrected chi connectivity index (χ2v) is 11.0. The molecule has 2 saturated heterocycles. The van der Waals surface area contributed by atoms with E-state index < -0.39 is 0 Å². The summed E-state index contributed by atoms with van der Waals surface area (Å²) in [5.41, 5.74) is 0. The average Bonchev–Trinajstić information content (AvgIpc) is 3.74. The van der Waals surface area contributed by atoms with Gasteiger partial charge in [-0.05, 0) is 12.8 Å².